The zero-order valence-corrected chi connectivity index (χ0v) is 10.4. The Morgan fingerprint density at radius 3 is 2.78 bits per heavy atom. The second-order valence-corrected chi connectivity index (χ2v) is 5.93. The van der Waals surface area contributed by atoms with Crippen LogP contribution in [0.3, 0.4) is 0 Å². The fourth-order valence-electron chi connectivity index (χ4n) is 4.05. The lowest BCUT2D eigenvalue weighted by Gasteiger charge is -2.30. The van der Waals surface area contributed by atoms with E-state index in [1.54, 1.807) is 0 Å². The van der Waals surface area contributed by atoms with Gasteiger partial charge >= 0.3 is 5.97 Å². The molecule has 3 fully saturated rings. The molecule has 5 unspecified atom stereocenters. The molecule has 2 aliphatic carbocycles. The molecule has 100 valence electrons. The van der Waals surface area contributed by atoms with E-state index in [1.165, 1.54) is 0 Å². The summed E-state index contributed by atoms with van der Waals surface area (Å²) in [6.07, 6.45) is 4.75. The van der Waals surface area contributed by atoms with Crippen molar-refractivity contribution in [2.45, 2.75) is 44.2 Å². The first kappa shape index (κ1) is 12.0. The van der Waals surface area contributed by atoms with Gasteiger partial charge in [0.05, 0.1) is 5.92 Å². The van der Waals surface area contributed by atoms with E-state index in [9.17, 15) is 14.7 Å². The fraction of sp³-hybridized carbons (Fsp3) is 0.846. The third-order valence-corrected chi connectivity index (χ3v) is 4.89. The van der Waals surface area contributed by atoms with Crippen LogP contribution in [0.4, 0.5) is 0 Å². The Labute approximate surface area is 106 Å². The first-order valence-corrected chi connectivity index (χ1v) is 6.90. The molecule has 5 atom stereocenters. The van der Waals surface area contributed by atoms with Gasteiger partial charge in [-0.15, -0.1) is 0 Å². The van der Waals surface area contributed by atoms with Crippen LogP contribution >= 0.6 is 0 Å². The number of rotatable bonds is 4. The highest BCUT2D eigenvalue weighted by Crippen LogP contribution is 2.48. The minimum atomic E-state index is -0.657. The van der Waals surface area contributed by atoms with E-state index in [-0.39, 0.29) is 23.9 Å². The molecule has 3 N–H and O–H groups in total. The molecule has 1 heterocycles. The van der Waals surface area contributed by atoms with E-state index < -0.39 is 5.97 Å². The summed E-state index contributed by atoms with van der Waals surface area (Å²) in [5.41, 5.74) is 0. The maximum atomic E-state index is 11.3. The SMILES string of the molecule is O=C1CCC(CNC2C3CCC(C3)C2C(=O)O)N1. The molecule has 0 radical (unpaired) electrons. The van der Waals surface area contributed by atoms with Crippen LogP contribution in [0.25, 0.3) is 0 Å². The third kappa shape index (κ3) is 2.00. The van der Waals surface area contributed by atoms with Crippen LogP contribution in [0, 0.1) is 17.8 Å². The summed E-state index contributed by atoms with van der Waals surface area (Å²) in [5, 5.41) is 15.7. The molecule has 0 aromatic rings. The van der Waals surface area contributed by atoms with Gasteiger partial charge in [-0.25, -0.2) is 0 Å². The van der Waals surface area contributed by atoms with Crippen molar-refractivity contribution in [3.05, 3.63) is 0 Å². The smallest absolute Gasteiger partial charge is 0.308 e. The second kappa shape index (κ2) is 4.53. The average Bonchev–Trinajstić information content (AvgIpc) is 3.00. The van der Waals surface area contributed by atoms with E-state index in [1.807, 2.05) is 0 Å². The van der Waals surface area contributed by atoms with Crippen LogP contribution in [0.1, 0.15) is 32.1 Å². The van der Waals surface area contributed by atoms with Crippen molar-refractivity contribution in [2.24, 2.45) is 17.8 Å². The van der Waals surface area contributed by atoms with Gasteiger partial charge in [0.2, 0.25) is 5.91 Å². The lowest BCUT2D eigenvalue weighted by molar-refractivity contribution is -0.144. The van der Waals surface area contributed by atoms with Crippen molar-refractivity contribution in [1.82, 2.24) is 10.6 Å². The lowest BCUT2D eigenvalue weighted by atomic mass is 9.84. The van der Waals surface area contributed by atoms with Crippen molar-refractivity contribution in [2.75, 3.05) is 6.54 Å². The molecule has 3 rings (SSSR count). The maximum Gasteiger partial charge on any atom is 0.308 e. The van der Waals surface area contributed by atoms with E-state index in [2.05, 4.69) is 10.6 Å². The highest BCUT2D eigenvalue weighted by atomic mass is 16.4. The quantitative estimate of drug-likeness (QED) is 0.675. The Balaban J connectivity index is 1.58. The summed E-state index contributed by atoms with van der Waals surface area (Å²) in [5.74, 6) is 0.122. The first-order chi connectivity index (χ1) is 8.65. The second-order valence-electron chi connectivity index (χ2n) is 5.93. The van der Waals surface area contributed by atoms with Gasteiger partial charge in [-0.3, -0.25) is 9.59 Å². The standard InChI is InChI=1S/C13H20N2O3/c16-10-4-3-9(15-10)6-14-12-8-2-1-7(5-8)11(12)13(17)18/h7-9,11-12,14H,1-6H2,(H,15,16)(H,17,18). The monoisotopic (exact) mass is 252 g/mol. The minimum absolute atomic E-state index is 0.110. The topological polar surface area (TPSA) is 78.4 Å². The van der Waals surface area contributed by atoms with Gasteiger partial charge in [0, 0.05) is 25.0 Å². The Kier molecular flexibility index (Phi) is 3.01. The van der Waals surface area contributed by atoms with Crippen LogP contribution in [0.2, 0.25) is 0 Å². The Morgan fingerprint density at radius 1 is 1.33 bits per heavy atom. The van der Waals surface area contributed by atoms with Crippen LogP contribution in [-0.2, 0) is 9.59 Å². The van der Waals surface area contributed by atoms with Gasteiger partial charge in [-0.1, -0.05) is 0 Å². The van der Waals surface area contributed by atoms with Crippen molar-refractivity contribution in [3.8, 4) is 0 Å². The van der Waals surface area contributed by atoms with Gasteiger partial charge in [-0.05, 0) is 37.5 Å². The van der Waals surface area contributed by atoms with E-state index in [0.29, 0.717) is 24.8 Å². The Bertz CT molecular complexity index is 371. The Hall–Kier alpha value is -1.10. The molecule has 5 nitrogen and oxygen atoms in total. The van der Waals surface area contributed by atoms with Gasteiger partial charge in [0.25, 0.3) is 0 Å². The number of nitrogens with one attached hydrogen (secondary N) is 2. The summed E-state index contributed by atoms with van der Waals surface area (Å²) < 4.78 is 0. The zero-order valence-electron chi connectivity index (χ0n) is 10.4. The lowest BCUT2D eigenvalue weighted by Crippen LogP contribution is -2.48. The van der Waals surface area contributed by atoms with Crippen molar-refractivity contribution < 1.29 is 14.7 Å². The molecule has 2 saturated carbocycles. The van der Waals surface area contributed by atoms with E-state index >= 15 is 0 Å². The number of carboxylic acids is 1. The molecule has 1 amide bonds. The van der Waals surface area contributed by atoms with E-state index in [0.717, 1.165) is 25.7 Å². The molecular formula is C13H20N2O3. The van der Waals surface area contributed by atoms with Crippen LogP contribution in [0.5, 0.6) is 0 Å². The van der Waals surface area contributed by atoms with Crippen LogP contribution in [0.15, 0.2) is 0 Å². The van der Waals surface area contributed by atoms with Gasteiger partial charge in [0.15, 0.2) is 0 Å². The van der Waals surface area contributed by atoms with Crippen LogP contribution < -0.4 is 10.6 Å². The van der Waals surface area contributed by atoms with Gasteiger partial charge in [0.1, 0.15) is 0 Å². The normalized spacial score (nSPS) is 42.2. The average molecular weight is 252 g/mol. The highest BCUT2D eigenvalue weighted by Gasteiger charge is 2.50. The predicted molar refractivity (Wildman–Crippen MR) is 64.9 cm³/mol. The number of carboxylic acid groups (broad SMARTS) is 1. The molecule has 18 heavy (non-hydrogen) atoms. The number of fused-ring (bicyclic) bond motifs is 2. The minimum Gasteiger partial charge on any atom is -0.481 e. The molecule has 0 aromatic carbocycles. The number of carbonyl (C=O) groups excluding carboxylic acids is 1. The summed E-state index contributed by atoms with van der Waals surface area (Å²) in [6.45, 7) is 0.712. The fourth-order valence-corrected chi connectivity index (χ4v) is 4.05. The van der Waals surface area contributed by atoms with E-state index in [4.69, 9.17) is 0 Å². The van der Waals surface area contributed by atoms with Gasteiger partial charge < -0.3 is 15.7 Å². The summed E-state index contributed by atoms with van der Waals surface area (Å²) in [4.78, 5) is 22.5. The number of amides is 1. The highest BCUT2D eigenvalue weighted by molar-refractivity contribution is 5.78. The molecule has 0 aromatic heterocycles. The molecule has 3 aliphatic rings. The summed E-state index contributed by atoms with van der Waals surface area (Å²) in [6, 6.07) is 0.296. The van der Waals surface area contributed by atoms with Crippen molar-refractivity contribution in [3.63, 3.8) is 0 Å². The van der Waals surface area contributed by atoms with Crippen LogP contribution in [-0.4, -0.2) is 35.6 Å². The summed E-state index contributed by atoms with van der Waals surface area (Å²) in [7, 11) is 0. The third-order valence-electron chi connectivity index (χ3n) is 4.89. The molecule has 0 spiro atoms. The maximum absolute atomic E-state index is 11.3. The molecule has 1 saturated heterocycles. The largest absolute Gasteiger partial charge is 0.481 e. The van der Waals surface area contributed by atoms with Crippen molar-refractivity contribution in [1.29, 1.82) is 0 Å². The number of carbonyl (C=O) groups is 2. The van der Waals surface area contributed by atoms with Gasteiger partial charge in [-0.2, -0.15) is 0 Å². The molecule has 1 aliphatic heterocycles. The molecular weight excluding hydrogens is 232 g/mol. The summed E-state index contributed by atoms with van der Waals surface area (Å²) >= 11 is 0. The molecule has 5 heteroatoms. The first-order valence-electron chi connectivity index (χ1n) is 6.90. The Morgan fingerprint density at radius 2 is 2.11 bits per heavy atom. The number of hydrogen-bond acceptors (Lipinski definition) is 3. The predicted octanol–water partition coefficient (Wildman–Crippen LogP) is 0.354. The molecule has 2 bridgehead atoms. The van der Waals surface area contributed by atoms with Crippen molar-refractivity contribution >= 4 is 11.9 Å². The zero-order chi connectivity index (χ0) is 12.7. The number of aliphatic carboxylic acids is 1. The number of hydrogen-bond donors (Lipinski definition) is 3.